The molecule has 0 radical (unpaired) electrons. The number of rotatable bonds is 4. The number of nitrogens with one attached hydrogen (secondary N) is 1. The van der Waals surface area contributed by atoms with E-state index in [0.29, 0.717) is 6.54 Å². The first-order chi connectivity index (χ1) is 8.99. The second-order valence-electron chi connectivity index (χ2n) is 4.16. The molecule has 2 aromatic rings. The maximum Gasteiger partial charge on any atom is 0.327 e. The number of hydrogen-bond acceptors (Lipinski definition) is 4. The molecule has 0 amide bonds. The van der Waals surface area contributed by atoms with Gasteiger partial charge in [-0.2, -0.15) is 9.49 Å². The summed E-state index contributed by atoms with van der Waals surface area (Å²) in [7, 11) is 1.79. The van der Waals surface area contributed by atoms with Crippen LogP contribution in [0.15, 0.2) is 24.4 Å². The summed E-state index contributed by atoms with van der Waals surface area (Å²) in [6, 6.07) is 3.98. The minimum absolute atomic E-state index is 0.160. The predicted molar refractivity (Wildman–Crippen MR) is 68.3 cm³/mol. The highest BCUT2D eigenvalue weighted by Gasteiger charge is 2.19. The van der Waals surface area contributed by atoms with E-state index < -0.39 is 16.4 Å². The van der Waals surface area contributed by atoms with E-state index in [2.05, 4.69) is 10.4 Å². The highest BCUT2D eigenvalue weighted by molar-refractivity contribution is 5.62. The third-order valence-electron chi connectivity index (χ3n) is 2.75. The first-order valence-electron chi connectivity index (χ1n) is 5.65. The first kappa shape index (κ1) is 13.0. The standard InChI is InChI=1S/C12H13FN4O2/c1-8-9(7-16(2)15-8)6-14-11-5-3-4-10(13)12(11)17(18)19/h3-5,7,14H,6H2,1-2H3. The van der Waals surface area contributed by atoms with Gasteiger partial charge in [0.2, 0.25) is 5.82 Å². The van der Waals surface area contributed by atoms with E-state index in [1.54, 1.807) is 11.7 Å². The molecule has 100 valence electrons. The van der Waals surface area contributed by atoms with E-state index in [-0.39, 0.29) is 5.69 Å². The molecule has 0 saturated carbocycles. The number of halogens is 1. The molecule has 2 rings (SSSR count). The van der Waals surface area contributed by atoms with Crippen LogP contribution in [-0.4, -0.2) is 14.7 Å². The van der Waals surface area contributed by atoms with Crippen molar-refractivity contribution in [3.63, 3.8) is 0 Å². The summed E-state index contributed by atoms with van der Waals surface area (Å²) in [5.74, 6) is -0.849. The van der Waals surface area contributed by atoms with Crippen LogP contribution >= 0.6 is 0 Å². The summed E-state index contributed by atoms with van der Waals surface area (Å²) in [5.41, 5.74) is 1.35. The summed E-state index contributed by atoms with van der Waals surface area (Å²) >= 11 is 0. The molecule has 0 fully saturated rings. The van der Waals surface area contributed by atoms with Crippen molar-refractivity contribution >= 4 is 11.4 Å². The van der Waals surface area contributed by atoms with E-state index in [0.717, 1.165) is 17.3 Å². The van der Waals surface area contributed by atoms with Gasteiger partial charge in [0.25, 0.3) is 0 Å². The molecular formula is C12H13FN4O2. The van der Waals surface area contributed by atoms with Crippen LogP contribution in [0.4, 0.5) is 15.8 Å². The van der Waals surface area contributed by atoms with E-state index in [1.165, 1.54) is 12.1 Å². The molecule has 6 nitrogen and oxygen atoms in total. The Labute approximate surface area is 109 Å². The SMILES string of the molecule is Cc1nn(C)cc1CNc1cccc(F)c1[N+](=O)[O-]. The number of anilines is 1. The number of aromatic nitrogens is 2. The molecule has 1 heterocycles. The van der Waals surface area contributed by atoms with Crippen LogP contribution in [0.2, 0.25) is 0 Å². The molecule has 0 bridgehead atoms. The monoisotopic (exact) mass is 264 g/mol. The Morgan fingerprint density at radius 3 is 2.84 bits per heavy atom. The van der Waals surface area contributed by atoms with Crippen LogP contribution in [0.1, 0.15) is 11.3 Å². The summed E-state index contributed by atoms with van der Waals surface area (Å²) < 4.78 is 15.1. The molecular weight excluding hydrogens is 251 g/mol. The first-order valence-corrected chi connectivity index (χ1v) is 5.65. The third kappa shape index (κ3) is 2.70. The number of nitro benzene ring substituents is 1. The van der Waals surface area contributed by atoms with Crippen molar-refractivity contribution in [3.8, 4) is 0 Å². The zero-order valence-electron chi connectivity index (χ0n) is 10.6. The van der Waals surface area contributed by atoms with Gasteiger partial charge >= 0.3 is 5.69 Å². The molecule has 1 aromatic carbocycles. The van der Waals surface area contributed by atoms with Gasteiger partial charge in [0, 0.05) is 25.4 Å². The van der Waals surface area contributed by atoms with E-state index in [9.17, 15) is 14.5 Å². The molecule has 1 N–H and O–H groups in total. The lowest BCUT2D eigenvalue weighted by Gasteiger charge is -2.06. The van der Waals surface area contributed by atoms with Crippen LogP contribution in [0, 0.1) is 22.9 Å². The van der Waals surface area contributed by atoms with Gasteiger partial charge in [-0.1, -0.05) is 6.07 Å². The quantitative estimate of drug-likeness (QED) is 0.679. The number of para-hydroxylation sites is 1. The van der Waals surface area contributed by atoms with Gasteiger partial charge in [-0.3, -0.25) is 14.8 Å². The lowest BCUT2D eigenvalue weighted by molar-refractivity contribution is -0.386. The molecule has 0 saturated heterocycles. The van der Waals surface area contributed by atoms with Crippen LogP contribution < -0.4 is 5.32 Å². The molecule has 0 atom stereocenters. The fraction of sp³-hybridized carbons (Fsp3) is 0.250. The van der Waals surface area contributed by atoms with Crippen molar-refractivity contribution in [2.45, 2.75) is 13.5 Å². The van der Waals surface area contributed by atoms with Gasteiger partial charge in [0.05, 0.1) is 10.6 Å². The van der Waals surface area contributed by atoms with E-state index >= 15 is 0 Å². The molecule has 0 aliphatic rings. The Morgan fingerprint density at radius 2 is 2.26 bits per heavy atom. The van der Waals surface area contributed by atoms with Crippen LogP contribution in [0.25, 0.3) is 0 Å². The van der Waals surface area contributed by atoms with Gasteiger partial charge in [-0.25, -0.2) is 0 Å². The predicted octanol–water partition coefficient (Wildman–Crippen LogP) is 2.39. The zero-order chi connectivity index (χ0) is 14.0. The molecule has 19 heavy (non-hydrogen) atoms. The summed E-state index contributed by atoms with van der Waals surface area (Å²) in [5, 5.41) is 17.9. The average Bonchev–Trinajstić information content (AvgIpc) is 2.64. The van der Waals surface area contributed by atoms with Crippen LogP contribution in [0.3, 0.4) is 0 Å². The number of aryl methyl sites for hydroxylation is 2. The number of nitrogens with zero attached hydrogens (tertiary/aromatic N) is 3. The second-order valence-corrected chi connectivity index (χ2v) is 4.16. The Bertz CT molecular complexity index is 624. The fourth-order valence-electron chi connectivity index (χ4n) is 1.86. The Kier molecular flexibility index (Phi) is 3.46. The van der Waals surface area contributed by atoms with Crippen molar-refractivity contribution < 1.29 is 9.31 Å². The van der Waals surface area contributed by atoms with Gasteiger partial charge in [0.15, 0.2) is 0 Å². The maximum absolute atomic E-state index is 13.4. The van der Waals surface area contributed by atoms with Crippen LogP contribution in [-0.2, 0) is 13.6 Å². The molecule has 0 aliphatic heterocycles. The fourth-order valence-corrected chi connectivity index (χ4v) is 1.86. The number of nitro groups is 1. The summed E-state index contributed by atoms with van der Waals surface area (Å²) in [4.78, 5) is 10.1. The van der Waals surface area contributed by atoms with Gasteiger partial charge in [-0.15, -0.1) is 0 Å². The molecule has 0 spiro atoms. The minimum Gasteiger partial charge on any atom is -0.375 e. The van der Waals surface area contributed by atoms with Crippen molar-refractivity contribution in [2.24, 2.45) is 7.05 Å². The van der Waals surface area contributed by atoms with Crippen molar-refractivity contribution in [1.82, 2.24) is 9.78 Å². The summed E-state index contributed by atoms with van der Waals surface area (Å²) in [6.07, 6.45) is 1.81. The molecule has 7 heteroatoms. The Morgan fingerprint density at radius 1 is 1.53 bits per heavy atom. The third-order valence-corrected chi connectivity index (χ3v) is 2.75. The second kappa shape index (κ2) is 5.05. The lowest BCUT2D eigenvalue weighted by Crippen LogP contribution is -2.04. The van der Waals surface area contributed by atoms with Crippen molar-refractivity contribution in [2.75, 3.05) is 5.32 Å². The van der Waals surface area contributed by atoms with Crippen LogP contribution in [0.5, 0.6) is 0 Å². The smallest absolute Gasteiger partial charge is 0.327 e. The highest BCUT2D eigenvalue weighted by Crippen LogP contribution is 2.27. The Hall–Kier alpha value is -2.44. The Balaban J connectivity index is 2.22. The molecule has 1 aromatic heterocycles. The van der Waals surface area contributed by atoms with Gasteiger partial charge in [0.1, 0.15) is 5.69 Å². The number of benzene rings is 1. The van der Waals surface area contributed by atoms with Gasteiger partial charge in [-0.05, 0) is 19.1 Å². The van der Waals surface area contributed by atoms with Gasteiger partial charge < -0.3 is 5.32 Å². The number of hydrogen-bond donors (Lipinski definition) is 1. The normalized spacial score (nSPS) is 10.5. The van der Waals surface area contributed by atoms with Crippen molar-refractivity contribution in [3.05, 3.63) is 51.6 Å². The van der Waals surface area contributed by atoms with E-state index in [4.69, 9.17) is 0 Å². The molecule has 0 unspecified atom stereocenters. The van der Waals surface area contributed by atoms with E-state index in [1.807, 2.05) is 13.1 Å². The minimum atomic E-state index is -0.849. The topological polar surface area (TPSA) is 73.0 Å². The lowest BCUT2D eigenvalue weighted by atomic mass is 10.2. The zero-order valence-corrected chi connectivity index (χ0v) is 10.6. The average molecular weight is 264 g/mol. The van der Waals surface area contributed by atoms with Crippen molar-refractivity contribution in [1.29, 1.82) is 0 Å². The largest absolute Gasteiger partial charge is 0.375 e. The highest BCUT2D eigenvalue weighted by atomic mass is 19.1. The summed E-state index contributed by atoms with van der Waals surface area (Å²) in [6.45, 7) is 2.20. The maximum atomic E-state index is 13.4. The molecule has 0 aliphatic carbocycles.